The van der Waals surface area contributed by atoms with Gasteiger partial charge in [-0.15, -0.1) is 0 Å². The molecular formula is C14H27N3O4. The van der Waals surface area contributed by atoms with Crippen LogP contribution in [0.1, 0.15) is 47.0 Å². The molecule has 0 aliphatic heterocycles. The van der Waals surface area contributed by atoms with Gasteiger partial charge in [0.1, 0.15) is 0 Å². The second-order valence-electron chi connectivity index (χ2n) is 6.22. The standard InChI is InChI=1S/C14H27N3O4/c1-10(5-6-12(19)20)9-16-13(21)15-8-7-11(18)17-14(2,3)4/h10H,5-9H2,1-4H3,(H,17,18)(H,19,20)(H2,15,16,21). The van der Waals surface area contributed by atoms with E-state index in [1.54, 1.807) is 0 Å². The number of carbonyl (C=O) groups excluding carboxylic acids is 2. The van der Waals surface area contributed by atoms with Gasteiger partial charge in [0.05, 0.1) is 0 Å². The molecule has 0 radical (unpaired) electrons. The summed E-state index contributed by atoms with van der Waals surface area (Å²) >= 11 is 0. The van der Waals surface area contributed by atoms with E-state index < -0.39 is 5.97 Å². The van der Waals surface area contributed by atoms with E-state index in [0.29, 0.717) is 13.0 Å². The first-order valence-electron chi connectivity index (χ1n) is 7.14. The maximum absolute atomic E-state index is 11.5. The molecule has 0 bridgehead atoms. The van der Waals surface area contributed by atoms with E-state index in [2.05, 4.69) is 16.0 Å². The molecule has 0 spiro atoms. The average Bonchev–Trinajstić information content (AvgIpc) is 2.31. The quantitative estimate of drug-likeness (QED) is 0.538. The summed E-state index contributed by atoms with van der Waals surface area (Å²) in [5.74, 6) is -0.857. The minimum absolute atomic E-state index is 0.0936. The molecule has 1 atom stereocenters. The van der Waals surface area contributed by atoms with Gasteiger partial charge in [0, 0.05) is 31.5 Å². The number of amides is 3. The topological polar surface area (TPSA) is 108 Å². The molecule has 0 fully saturated rings. The molecule has 0 heterocycles. The van der Waals surface area contributed by atoms with Gasteiger partial charge >= 0.3 is 12.0 Å². The summed E-state index contributed by atoms with van der Waals surface area (Å²) in [6.45, 7) is 8.22. The van der Waals surface area contributed by atoms with Crippen LogP contribution in [0.25, 0.3) is 0 Å². The van der Waals surface area contributed by atoms with Gasteiger partial charge in [0.25, 0.3) is 0 Å². The van der Waals surface area contributed by atoms with E-state index in [0.717, 1.165) is 0 Å². The van der Waals surface area contributed by atoms with Crippen molar-refractivity contribution < 1.29 is 19.5 Å². The van der Waals surface area contributed by atoms with Crippen LogP contribution in [0.2, 0.25) is 0 Å². The van der Waals surface area contributed by atoms with Crippen LogP contribution in [0.5, 0.6) is 0 Å². The van der Waals surface area contributed by atoms with Crippen LogP contribution in [0.3, 0.4) is 0 Å². The highest BCUT2D eigenvalue weighted by molar-refractivity contribution is 5.78. The van der Waals surface area contributed by atoms with Crippen molar-refractivity contribution in [3.63, 3.8) is 0 Å². The average molecular weight is 301 g/mol. The normalized spacial score (nSPS) is 12.4. The zero-order valence-corrected chi connectivity index (χ0v) is 13.3. The van der Waals surface area contributed by atoms with Crippen LogP contribution < -0.4 is 16.0 Å². The molecule has 3 amide bonds. The van der Waals surface area contributed by atoms with E-state index in [-0.39, 0.29) is 42.8 Å². The van der Waals surface area contributed by atoms with Crippen molar-refractivity contribution in [2.75, 3.05) is 13.1 Å². The summed E-state index contributed by atoms with van der Waals surface area (Å²) in [5, 5.41) is 16.6. The maximum Gasteiger partial charge on any atom is 0.314 e. The predicted molar refractivity (Wildman–Crippen MR) is 79.9 cm³/mol. The maximum atomic E-state index is 11.5. The fourth-order valence-corrected chi connectivity index (χ4v) is 1.57. The van der Waals surface area contributed by atoms with Crippen LogP contribution in [-0.4, -0.2) is 41.6 Å². The molecule has 0 aliphatic carbocycles. The molecule has 0 aromatic carbocycles. The van der Waals surface area contributed by atoms with Crippen LogP contribution >= 0.6 is 0 Å². The second kappa shape index (κ2) is 9.20. The first-order valence-corrected chi connectivity index (χ1v) is 7.14. The van der Waals surface area contributed by atoms with Gasteiger partial charge in [0.15, 0.2) is 0 Å². The van der Waals surface area contributed by atoms with Crippen molar-refractivity contribution in [2.24, 2.45) is 5.92 Å². The van der Waals surface area contributed by atoms with Crippen molar-refractivity contribution in [2.45, 2.75) is 52.5 Å². The number of aliphatic carboxylic acids is 1. The Morgan fingerprint density at radius 3 is 2.24 bits per heavy atom. The van der Waals surface area contributed by atoms with E-state index in [1.807, 2.05) is 27.7 Å². The minimum Gasteiger partial charge on any atom is -0.481 e. The molecule has 21 heavy (non-hydrogen) atoms. The zero-order chi connectivity index (χ0) is 16.5. The van der Waals surface area contributed by atoms with Gasteiger partial charge in [-0.2, -0.15) is 0 Å². The monoisotopic (exact) mass is 301 g/mol. The molecule has 0 aliphatic rings. The van der Waals surface area contributed by atoms with Gasteiger partial charge in [0.2, 0.25) is 5.91 Å². The number of rotatable bonds is 8. The highest BCUT2D eigenvalue weighted by Gasteiger charge is 2.13. The van der Waals surface area contributed by atoms with E-state index in [1.165, 1.54) is 0 Å². The number of urea groups is 1. The molecule has 0 aromatic heterocycles. The summed E-state index contributed by atoms with van der Waals surface area (Å²) in [6, 6.07) is -0.347. The highest BCUT2D eigenvalue weighted by Crippen LogP contribution is 2.03. The van der Waals surface area contributed by atoms with Crippen molar-refractivity contribution in [1.82, 2.24) is 16.0 Å². The number of hydrogen-bond acceptors (Lipinski definition) is 3. The van der Waals surface area contributed by atoms with Crippen molar-refractivity contribution in [1.29, 1.82) is 0 Å². The van der Waals surface area contributed by atoms with E-state index >= 15 is 0 Å². The van der Waals surface area contributed by atoms with E-state index in [9.17, 15) is 14.4 Å². The molecule has 7 nitrogen and oxygen atoms in total. The molecule has 1 unspecified atom stereocenters. The Kier molecular flexibility index (Phi) is 8.42. The Bertz CT molecular complexity index is 364. The lowest BCUT2D eigenvalue weighted by Gasteiger charge is -2.20. The minimum atomic E-state index is -0.837. The molecule has 4 N–H and O–H groups in total. The molecular weight excluding hydrogens is 274 g/mol. The number of carboxylic acids is 1. The molecule has 0 saturated carbocycles. The third-order valence-corrected chi connectivity index (χ3v) is 2.61. The number of carbonyl (C=O) groups is 3. The number of hydrogen-bond donors (Lipinski definition) is 4. The third kappa shape index (κ3) is 13.0. The molecule has 0 saturated heterocycles. The molecule has 122 valence electrons. The molecule has 0 aromatic rings. The largest absolute Gasteiger partial charge is 0.481 e. The van der Waals surface area contributed by atoms with Gasteiger partial charge in [-0.05, 0) is 33.1 Å². The third-order valence-electron chi connectivity index (χ3n) is 2.61. The van der Waals surface area contributed by atoms with Gasteiger partial charge in [-0.1, -0.05) is 6.92 Å². The Morgan fingerprint density at radius 1 is 1.10 bits per heavy atom. The lowest BCUT2D eigenvalue weighted by atomic mass is 10.1. The van der Waals surface area contributed by atoms with Gasteiger partial charge < -0.3 is 21.1 Å². The fourth-order valence-electron chi connectivity index (χ4n) is 1.57. The summed E-state index contributed by atoms with van der Waals surface area (Å²) < 4.78 is 0. The Balaban J connectivity index is 3.72. The first-order chi connectivity index (χ1) is 9.60. The van der Waals surface area contributed by atoms with Gasteiger partial charge in [-0.3, -0.25) is 9.59 Å². The summed E-state index contributed by atoms with van der Waals surface area (Å²) in [5.41, 5.74) is -0.279. The van der Waals surface area contributed by atoms with Crippen LogP contribution in [0, 0.1) is 5.92 Å². The highest BCUT2D eigenvalue weighted by atomic mass is 16.4. The lowest BCUT2D eigenvalue weighted by molar-refractivity contribution is -0.137. The summed E-state index contributed by atoms with van der Waals surface area (Å²) in [7, 11) is 0. The van der Waals surface area contributed by atoms with Crippen molar-refractivity contribution >= 4 is 17.9 Å². The van der Waals surface area contributed by atoms with Crippen molar-refractivity contribution in [3.05, 3.63) is 0 Å². The smallest absolute Gasteiger partial charge is 0.314 e. The lowest BCUT2D eigenvalue weighted by Crippen LogP contribution is -2.43. The molecule has 7 heteroatoms. The summed E-state index contributed by atoms with van der Waals surface area (Å²) in [4.78, 5) is 33.4. The Labute approximate surface area is 125 Å². The second-order valence-corrected chi connectivity index (χ2v) is 6.22. The van der Waals surface area contributed by atoms with Crippen LogP contribution in [0.4, 0.5) is 4.79 Å². The SMILES string of the molecule is CC(CCC(=O)O)CNC(=O)NCCC(=O)NC(C)(C)C. The fraction of sp³-hybridized carbons (Fsp3) is 0.786. The Hall–Kier alpha value is -1.79. The van der Waals surface area contributed by atoms with Gasteiger partial charge in [-0.25, -0.2) is 4.79 Å². The zero-order valence-electron chi connectivity index (χ0n) is 13.3. The van der Waals surface area contributed by atoms with Crippen molar-refractivity contribution in [3.8, 4) is 0 Å². The summed E-state index contributed by atoms with van der Waals surface area (Å²) in [6.07, 6.45) is 0.834. The Morgan fingerprint density at radius 2 is 1.71 bits per heavy atom. The number of nitrogens with one attached hydrogen (secondary N) is 3. The van der Waals surface area contributed by atoms with Crippen LogP contribution in [-0.2, 0) is 9.59 Å². The first kappa shape index (κ1) is 19.2. The van der Waals surface area contributed by atoms with E-state index in [4.69, 9.17) is 5.11 Å². The molecule has 0 rings (SSSR count). The number of carboxylic acid groups (broad SMARTS) is 1. The predicted octanol–water partition coefficient (Wildman–Crippen LogP) is 1.09. The van der Waals surface area contributed by atoms with Crippen LogP contribution in [0.15, 0.2) is 0 Å².